The molecular weight excluding hydrogens is 488 g/mol. The highest BCUT2D eigenvalue weighted by Gasteiger charge is 2.29. The first-order valence-corrected chi connectivity index (χ1v) is 9.03. The molecule has 27 heavy (non-hydrogen) atoms. The zero-order valence-corrected chi connectivity index (χ0v) is 18.8. The van der Waals surface area contributed by atoms with E-state index in [0.717, 1.165) is 28.4 Å². The molecule has 1 aromatic heterocycles. The lowest BCUT2D eigenvalue weighted by molar-refractivity contribution is -0.137. The third-order valence-corrected chi connectivity index (χ3v) is 4.91. The first-order valence-electron chi connectivity index (χ1n) is 8.15. The van der Waals surface area contributed by atoms with Gasteiger partial charge in [-0.25, -0.2) is 4.98 Å². The largest absolute Gasteiger partial charge is 0.416 e. The Balaban J connectivity index is 0.00000364. The van der Waals surface area contributed by atoms with Gasteiger partial charge in [-0.05, 0) is 17.7 Å². The lowest BCUT2D eigenvalue weighted by Crippen LogP contribution is -2.36. The van der Waals surface area contributed by atoms with Crippen molar-refractivity contribution in [2.75, 3.05) is 7.05 Å². The SMILES string of the molecule is CN=C(NCc1ccc(C(F)(F)F)cc1)NCc1csc(C(C)(C)C)n1.I. The summed E-state index contributed by atoms with van der Waals surface area (Å²) in [5.74, 6) is 0.565. The lowest BCUT2D eigenvalue weighted by atomic mass is 9.98. The van der Waals surface area contributed by atoms with Crippen molar-refractivity contribution in [3.63, 3.8) is 0 Å². The Morgan fingerprint density at radius 1 is 1.07 bits per heavy atom. The van der Waals surface area contributed by atoms with E-state index in [-0.39, 0.29) is 29.4 Å². The van der Waals surface area contributed by atoms with E-state index in [2.05, 4.69) is 41.4 Å². The number of hydrogen-bond donors (Lipinski definition) is 2. The van der Waals surface area contributed by atoms with Crippen LogP contribution in [0.15, 0.2) is 34.6 Å². The number of aromatic nitrogens is 1. The monoisotopic (exact) mass is 512 g/mol. The maximum Gasteiger partial charge on any atom is 0.416 e. The van der Waals surface area contributed by atoms with Crippen LogP contribution in [0.2, 0.25) is 0 Å². The van der Waals surface area contributed by atoms with Crippen LogP contribution in [0.3, 0.4) is 0 Å². The minimum atomic E-state index is -4.32. The molecule has 0 aliphatic heterocycles. The van der Waals surface area contributed by atoms with Crippen molar-refractivity contribution in [3.8, 4) is 0 Å². The second-order valence-electron chi connectivity index (χ2n) is 6.87. The quantitative estimate of drug-likeness (QED) is 0.347. The second kappa shape index (κ2) is 9.72. The minimum Gasteiger partial charge on any atom is -0.352 e. The maximum atomic E-state index is 12.6. The summed E-state index contributed by atoms with van der Waals surface area (Å²) in [6, 6.07) is 5.07. The van der Waals surface area contributed by atoms with Crippen molar-refractivity contribution >= 4 is 41.3 Å². The highest BCUT2D eigenvalue weighted by Crippen LogP contribution is 2.29. The van der Waals surface area contributed by atoms with Crippen LogP contribution in [-0.2, 0) is 24.7 Å². The summed E-state index contributed by atoms with van der Waals surface area (Å²) >= 11 is 1.63. The molecule has 9 heteroatoms. The molecule has 0 fully saturated rings. The summed E-state index contributed by atoms with van der Waals surface area (Å²) < 4.78 is 37.7. The van der Waals surface area contributed by atoms with E-state index in [0.29, 0.717) is 19.0 Å². The number of rotatable bonds is 4. The van der Waals surface area contributed by atoms with Gasteiger partial charge >= 0.3 is 6.18 Å². The van der Waals surface area contributed by atoms with Crippen LogP contribution >= 0.6 is 35.3 Å². The molecule has 2 aromatic rings. The van der Waals surface area contributed by atoms with Gasteiger partial charge in [0.15, 0.2) is 5.96 Å². The summed E-state index contributed by atoms with van der Waals surface area (Å²) in [6.07, 6.45) is -4.32. The van der Waals surface area contributed by atoms with Gasteiger partial charge in [0.1, 0.15) is 0 Å². The van der Waals surface area contributed by atoms with Crippen LogP contribution in [0, 0.1) is 0 Å². The molecule has 2 N–H and O–H groups in total. The molecule has 0 saturated heterocycles. The third-order valence-electron chi connectivity index (χ3n) is 3.60. The maximum absolute atomic E-state index is 12.6. The molecule has 0 atom stereocenters. The van der Waals surface area contributed by atoms with E-state index in [9.17, 15) is 13.2 Å². The molecule has 0 radical (unpaired) electrons. The van der Waals surface area contributed by atoms with Gasteiger partial charge in [-0.1, -0.05) is 32.9 Å². The van der Waals surface area contributed by atoms with Crippen LogP contribution in [0.5, 0.6) is 0 Å². The number of benzene rings is 1. The van der Waals surface area contributed by atoms with E-state index in [1.54, 1.807) is 18.4 Å². The summed E-state index contributed by atoms with van der Waals surface area (Å²) in [6.45, 7) is 7.26. The number of hydrogen-bond acceptors (Lipinski definition) is 3. The molecule has 0 spiro atoms. The number of alkyl halides is 3. The summed E-state index contributed by atoms with van der Waals surface area (Å²) in [5.41, 5.74) is 1.04. The minimum absolute atomic E-state index is 0. The first-order chi connectivity index (χ1) is 12.1. The zero-order chi connectivity index (χ0) is 19.4. The Morgan fingerprint density at radius 3 is 2.15 bits per heavy atom. The van der Waals surface area contributed by atoms with E-state index >= 15 is 0 Å². The number of guanidine groups is 1. The Kier molecular flexibility index (Phi) is 8.52. The van der Waals surface area contributed by atoms with Gasteiger partial charge < -0.3 is 10.6 Å². The van der Waals surface area contributed by atoms with Crippen LogP contribution < -0.4 is 10.6 Å². The predicted octanol–water partition coefficient (Wildman–Crippen LogP) is 4.94. The highest BCUT2D eigenvalue weighted by atomic mass is 127. The first kappa shape index (κ1) is 23.7. The van der Waals surface area contributed by atoms with Crippen LogP contribution in [0.25, 0.3) is 0 Å². The van der Waals surface area contributed by atoms with Gasteiger partial charge in [0.05, 0.1) is 22.8 Å². The van der Waals surface area contributed by atoms with Crippen molar-refractivity contribution in [1.82, 2.24) is 15.6 Å². The number of halogens is 4. The fourth-order valence-electron chi connectivity index (χ4n) is 2.12. The topological polar surface area (TPSA) is 49.3 Å². The number of nitrogens with one attached hydrogen (secondary N) is 2. The molecule has 0 amide bonds. The number of nitrogens with zero attached hydrogens (tertiary/aromatic N) is 2. The molecule has 0 unspecified atom stereocenters. The second-order valence-corrected chi connectivity index (χ2v) is 7.73. The molecule has 0 aliphatic rings. The number of aliphatic imine (C=N–C) groups is 1. The predicted molar refractivity (Wildman–Crippen MR) is 115 cm³/mol. The summed E-state index contributed by atoms with van der Waals surface area (Å²) in [4.78, 5) is 8.73. The van der Waals surface area contributed by atoms with Gasteiger partial charge in [-0.3, -0.25) is 4.99 Å². The van der Waals surface area contributed by atoms with Crippen molar-refractivity contribution < 1.29 is 13.2 Å². The average molecular weight is 512 g/mol. The zero-order valence-electron chi connectivity index (χ0n) is 15.6. The molecule has 4 nitrogen and oxygen atoms in total. The Hall–Kier alpha value is -1.36. The van der Waals surface area contributed by atoms with Crippen molar-refractivity contribution in [3.05, 3.63) is 51.5 Å². The fraction of sp³-hybridized carbons (Fsp3) is 0.444. The Labute approximate surface area is 178 Å². The Morgan fingerprint density at radius 2 is 1.67 bits per heavy atom. The summed E-state index contributed by atoms with van der Waals surface area (Å²) in [5, 5.41) is 9.33. The number of thiazole rings is 1. The van der Waals surface area contributed by atoms with Crippen molar-refractivity contribution in [2.45, 2.75) is 45.5 Å². The molecule has 1 heterocycles. The third kappa shape index (κ3) is 7.28. The standard InChI is InChI=1S/C18H23F3N4S.HI/c1-17(2,3)15-25-14(11-26-15)10-24-16(22-4)23-9-12-5-7-13(8-6-12)18(19,20)21;/h5-8,11H,9-10H2,1-4H3,(H2,22,23,24);1H. The highest BCUT2D eigenvalue weighted by molar-refractivity contribution is 14.0. The molecule has 150 valence electrons. The van der Waals surface area contributed by atoms with E-state index in [1.165, 1.54) is 12.1 Å². The smallest absolute Gasteiger partial charge is 0.352 e. The average Bonchev–Trinajstić information content (AvgIpc) is 3.04. The molecular formula is C18H24F3IN4S. The van der Waals surface area contributed by atoms with E-state index in [1.807, 2.05) is 5.38 Å². The van der Waals surface area contributed by atoms with Gasteiger partial charge in [0.2, 0.25) is 0 Å². The molecule has 0 saturated carbocycles. The molecule has 1 aromatic carbocycles. The summed E-state index contributed by atoms with van der Waals surface area (Å²) in [7, 11) is 1.64. The van der Waals surface area contributed by atoms with E-state index in [4.69, 9.17) is 0 Å². The van der Waals surface area contributed by atoms with Gasteiger partial charge in [-0.2, -0.15) is 13.2 Å². The van der Waals surface area contributed by atoms with Gasteiger partial charge in [0.25, 0.3) is 0 Å². The van der Waals surface area contributed by atoms with Gasteiger partial charge in [-0.15, -0.1) is 35.3 Å². The van der Waals surface area contributed by atoms with E-state index < -0.39 is 11.7 Å². The lowest BCUT2D eigenvalue weighted by Gasteiger charge is -2.14. The molecule has 2 rings (SSSR count). The van der Waals surface area contributed by atoms with Crippen LogP contribution in [0.1, 0.15) is 42.6 Å². The fourth-order valence-corrected chi connectivity index (χ4v) is 3.03. The van der Waals surface area contributed by atoms with Gasteiger partial charge in [0, 0.05) is 24.4 Å². The molecule has 0 aliphatic carbocycles. The normalized spacial score (nSPS) is 12.5. The van der Waals surface area contributed by atoms with Crippen molar-refractivity contribution in [2.24, 2.45) is 4.99 Å². The van der Waals surface area contributed by atoms with Crippen LogP contribution in [0.4, 0.5) is 13.2 Å². The molecule has 0 bridgehead atoms. The Bertz CT molecular complexity index is 749. The van der Waals surface area contributed by atoms with Crippen LogP contribution in [-0.4, -0.2) is 18.0 Å². The van der Waals surface area contributed by atoms with Crippen molar-refractivity contribution in [1.29, 1.82) is 0 Å².